The summed E-state index contributed by atoms with van der Waals surface area (Å²) in [7, 11) is 0. The van der Waals surface area contributed by atoms with Crippen LogP contribution < -0.4 is 5.32 Å². The lowest BCUT2D eigenvalue weighted by atomic mass is 10.1. The number of hydrogen-bond donors (Lipinski definition) is 2. The molecule has 0 bridgehead atoms. The number of H-pyrrole nitrogens is 1. The maximum Gasteiger partial charge on any atom is 0.183 e. The highest BCUT2D eigenvalue weighted by molar-refractivity contribution is 6.09. The number of hydrogen-bond acceptors (Lipinski definition) is 2. The molecule has 3 heteroatoms. The second-order valence-corrected chi connectivity index (χ2v) is 5.29. The van der Waals surface area contributed by atoms with Crippen LogP contribution in [-0.4, -0.2) is 17.3 Å². The molecule has 0 atom stereocenters. The molecule has 2 N–H and O–H groups in total. The number of benzene rings is 2. The summed E-state index contributed by atoms with van der Waals surface area (Å²) in [5, 5.41) is 4.25. The van der Waals surface area contributed by atoms with Crippen LogP contribution in [0.1, 0.15) is 21.5 Å². The number of fused-ring (bicyclic) bond motifs is 1. The van der Waals surface area contributed by atoms with Gasteiger partial charge in [-0.1, -0.05) is 36.4 Å². The van der Waals surface area contributed by atoms with Gasteiger partial charge in [0, 0.05) is 28.4 Å². The van der Waals surface area contributed by atoms with Crippen molar-refractivity contribution < 1.29 is 4.79 Å². The predicted molar refractivity (Wildman–Crippen MR) is 87.0 cm³/mol. The lowest BCUT2D eigenvalue weighted by molar-refractivity contribution is 0.101. The molecule has 106 valence electrons. The van der Waals surface area contributed by atoms with E-state index in [0.29, 0.717) is 6.54 Å². The fourth-order valence-corrected chi connectivity index (χ4v) is 2.66. The van der Waals surface area contributed by atoms with Gasteiger partial charge in [0.2, 0.25) is 0 Å². The van der Waals surface area contributed by atoms with Gasteiger partial charge in [-0.25, -0.2) is 0 Å². The van der Waals surface area contributed by atoms with Crippen LogP contribution in [0, 0.1) is 13.8 Å². The van der Waals surface area contributed by atoms with Crippen molar-refractivity contribution in [2.45, 2.75) is 13.8 Å². The third-order valence-corrected chi connectivity index (χ3v) is 3.80. The number of anilines is 1. The number of aromatic nitrogens is 1. The molecule has 0 saturated carbocycles. The molecule has 0 spiro atoms. The standard InChI is InChI=1S/C18H18N2O/c1-12-6-5-7-13(2)18(12)20-11-17(21)15-10-19-16-9-4-3-8-14(15)16/h3-10,19-20H,11H2,1-2H3. The first-order valence-corrected chi connectivity index (χ1v) is 7.06. The number of Topliss-reactive ketones (excluding diaryl/α,β-unsaturated/α-hetero) is 1. The highest BCUT2D eigenvalue weighted by atomic mass is 16.1. The third-order valence-electron chi connectivity index (χ3n) is 3.80. The Labute approximate surface area is 124 Å². The van der Waals surface area contributed by atoms with E-state index in [4.69, 9.17) is 0 Å². The fourth-order valence-electron chi connectivity index (χ4n) is 2.66. The summed E-state index contributed by atoms with van der Waals surface area (Å²) in [5.74, 6) is 0.0927. The van der Waals surface area contributed by atoms with Gasteiger partial charge in [0.1, 0.15) is 0 Å². The number of aromatic amines is 1. The summed E-state index contributed by atoms with van der Waals surface area (Å²) in [5.41, 5.74) is 5.09. The SMILES string of the molecule is Cc1cccc(C)c1NCC(=O)c1c[nH]c2ccccc12. The number of rotatable bonds is 4. The van der Waals surface area contributed by atoms with E-state index in [-0.39, 0.29) is 5.78 Å². The Bertz CT molecular complexity index is 782. The zero-order valence-corrected chi connectivity index (χ0v) is 12.2. The van der Waals surface area contributed by atoms with Crippen molar-refractivity contribution in [1.29, 1.82) is 0 Å². The van der Waals surface area contributed by atoms with E-state index in [1.807, 2.05) is 56.3 Å². The van der Waals surface area contributed by atoms with Crippen LogP contribution in [0.5, 0.6) is 0 Å². The molecule has 1 aromatic heterocycles. The average molecular weight is 278 g/mol. The van der Waals surface area contributed by atoms with Crippen molar-refractivity contribution in [2.24, 2.45) is 0 Å². The van der Waals surface area contributed by atoms with Gasteiger partial charge in [0.25, 0.3) is 0 Å². The average Bonchev–Trinajstić information content (AvgIpc) is 2.90. The monoisotopic (exact) mass is 278 g/mol. The molecule has 1 heterocycles. The van der Waals surface area contributed by atoms with Crippen LogP contribution in [0.25, 0.3) is 10.9 Å². The lowest BCUT2D eigenvalue weighted by Gasteiger charge is -2.11. The molecule has 21 heavy (non-hydrogen) atoms. The van der Waals surface area contributed by atoms with Gasteiger partial charge in [-0.05, 0) is 31.0 Å². The van der Waals surface area contributed by atoms with Crippen LogP contribution in [0.15, 0.2) is 48.7 Å². The summed E-state index contributed by atoms with van der Waals surface area (Å²) in [4.78, 5) is 15.6. The van der Waals surface area contributed by atoms with Crippen molar-refractivity contribution in [3.63, 3.8) is 0 Å². The van der Waals surface area contributed by atoms with Crippen molar-refractivity contribution >= 4 is 22.4 Å². The van der Waals surface area contributed by atoms with E-state index in [2.05, 4.69) is 10.3 Å². The van der Waals surface area contributed by atoms with E-state index in [1.165, 1.54) is 0 Å². The topological polar surface area (TPSA) is 44.9 Å². The van der Waals surface area contributed by atoms with E-state index in [0.717, 1.165) is 33.3 Å². The molecule has 0 aliphatic heterocycles. The molecule has 3 rings (SSSR count). The molecule has 0 saturated heterocycles. The normalized spacial score (nSPS) is 10.8. The van der Waals surface area contributed by atoms with E-state index in [1.54, 1.807) is 6.20 Å². The van der Waals surface area contributed by atoms with Crippen LogP contribution in [0.3, 0.4) is 0 Å². The Hall–Kier alpha value is -2.55. The maximum atomic E-state index is 12.4. The van der Waals surface area contributed by atoms with Gasteiger partial charge < -0.3 is 10.3 Å². The quantitative estimate of drug-likeness (QED) is 0.706. The summed E-state index contributed by atoms with van der Waals surface area (Å²) in [6.07, 6.45) is 1.79. The van der Waals surface area contributed by atoms with Gasteiger partial charge in [0.15, 0.2) is 5.78 Å². The van der Waals surface area contributed by atoms with Gasteiger partial charge in [-0.2, -0.15) is 0 Å². The Kier molecular flexibility index (Phi) is 3.48. The number of carbonyl (C=O) groups is 1. The second-order valence-electron chi connectivity index (χ2n) is 5.29. The zero-order chi connectivity index (χ0) is 14.8. The molecule has 0 aliphatic carbocycles. The molecule has 0 aliphatic rings. The van der Waals surface area contributed by atoms with Crippen LogP contribution in [-0.2, 0) is 0 Å². The van der Waals surface area contributed by atoms with Crippen molar-refractivity contribution in [3.05, 3.63) is 65.4 Å². The molecule has 0 unspecified atom stereocenters. The van der Waals surface area contributed by atoms with E-state index in [9.17, 15) is 4.79 Å². The smallest absolute Gasteiger partial charge is 0.183 e. The van der Waals surface area contributed by atoms with Crippen molar-refractivity contribution in [1.82, 2.24) is 4.98 Å². The van der Waals surface area contributed by atoms with Crippen LogP contribution >= 0.6 is 0 Å². The first-order valence-electron chi connectivity index (χ1n) is 7.06. The Morgan fingerprint density at radius 3 is 2.52 bits per heavy atom. The predicted octanol–water partition coefficient (Wildman–Crippen LogP) is 4.08. The molecular formula is C18H18N2O. The molecule has 0 amide bonds. The van der Waals surface area contributed by atoms with E-state index < -0.39 is 0 Å². The highest BCUT2D eigenvalue weighted by Gasteiger charge is 2.12. The molecule has 0 radical (unpaired) electrons. The molecule has 0 fully saturated rings. The van der Waals surface area contributed by atoms with Gasteiger partial charge >= 0.3 is 0 Å². The molecular weight excluding hydrogens is 260 g/mol. The maximum absolute atomic E-state index is 12.4. The summed E-state index contributed by atoms with van der Waals surface area (Å²) >= 11 is 0. The molecule has 3 aromatic rings. The minimum absolute atomic E-state index is 0.0927. The van der Waals surface area contributed by atoms with Crippen molar-refractivity contribution in [2.75, 3.05) is 11.9 Å². The van der Waals surface area contributed by atoms with Gasteiger partial charge in [-0.3, -0.25) is 4.79 Å². The fraction of sp³-hybridized carbons (Fsp3) is 0.167. The summed E-state index contributed by atoms with van der Waals surface area (Å²) in [6.45, 7) is 4.39. The van der Waals surface area contributed by atoms with Gasteiger partial charge in [0.05, 0.1) is 6.54 Å². The first kappa shape index (κ1) is 13.4. The lowest BCUT2D eigenvalue weighted by Crippen LogP contribution is -2.15. The second kappa shape index (κ2) is 5.44. The minimum Gasteiger partial charge on any atom is -0.377 e. The minimum atomic E-state index is 0.0927. The first-order chi connectivity index (χ1) is 10.2. The Morgan fingerprint density at radius 1 is 1.05 bits per heavy atom. The summed E-state index contributed by atoms with van der Waals surface area (Å²) < 4.78 is 0. The molecule has 3 nitrogen and oxygen atoms in total. The van der Waals surface area contributed by atoms with Gasteiger partial charge in [-0.15, -0.1) is 0 Å². The zero-order valence-electron chi connectivity index (χ0n) is 12.2. The van der Waals surface area contributed by atoms with Crippen LogP contribution in [0.4, 0.5) is 5.69 Å². The third kappa shape index (κ3) is 2.55. The summed E-state index contributed by atoms with van der Waals surface area (Å²) in [6, 6.07) is 14.0. The number of para-hydroxylation sites is 2. The van der Waals surface area contributed by atoms with Crippen LogP contribution in [0.2, 0.25) is 0 Å². The Balaban J connectivity index is 1.81. The number of aryl methyl sites for hydroxylation is 2. The highest BCUT2D eigenvalue weighted by Crippen LogP contribution is 2.21. The molecule has 2 aromatic carbocycles. The Morgan fingerprint density at radius 2 is 1.76 bits per heavy atom. The van der Waals surface area contributed by atoms with Crippen molar-refractivity contribution in [3.8, 4) is 0 Å². The number of ketones is 1. The number of carbonyl (C=O) groups excluding carboxylic acids is 1. The largest absolute Gasteiger partial charge is 0.377 e. The van der Waals surface area contributed by atoms with E-state index >= 15 is 0 Å². The number of nitrogens with one attached hydrogen (secondary N) is 2.